The van der Waals surface area contributed by atoms with Crippen molar-refractivity contribution in [2.24, 2.45) is 0 Å². The molecule has 1 N–H and O–H groups in total. The van der Waals surface area contributed by atoms with Gasteiger partial charge in [-0.2, -0.15) is 0 Å². The SMILES string of the molecule is CCNC(=O)Cc1nc(C)cc(C)n1. The lowest BCUT2D eigenvalue weighted by atomic mass is 10.3. The molecule has 1 rings (SSSR count). The lowest BCUT2D eigenvalue weighted by molar-refractivity contribution is -0.120. The minimum atomic E-state index is -0.0301. The number of likely N-dealkylation sites (N-methyl/N-ethyl adjacent to an activating group) is 1. The van der Waals surface area contributed by atoms with E-state index in [0.29, 0.717) is 12.4 Å². The van der Waals surface area contributed by atoms with Crippen LogP contribution in [0.3, 0.4) is 0 Å². The van der Waals surface area contributed by atoms with Crippen molar-refractivity contribution in [1.29, 1.82) is 0 Å². The highest BCUT2D eigenvalue weighted by atomic mass is 16.1. The summed E-state index contributed by atoms with van der Waals surface area (Å²) in [7, 11) is 0. The molecule has 0 atom stereocenters. The summed E-state index contributed by atoms with van der Waals surface area (Å²) in [5.41, 5.74) is 1.80. The zero-order valence-electron chi connectivity index (χ0n) is 8.79. The average molecular weight is 193 g/mol. The molecular formula is C10H15N3O. The Hall–Kier alpha value is -1.45. The Labute approximate surface area is 83.8 Å². The van der Waals surface area contributed by atoms with E-state index < -0.39 is 0 Å². The molecule has 0 radical (unpaired) electrons. The minimum absolute atomic E-state index is 0.0301. The van der Waals surface area contributed by atoms with Gasteiger partial charge in [0.15, 0.2) is 0 Å². The van der Waals surface area contributed by atoms with Crippen molar-refractivity contribution in [3.63, 3.8) is 0 Å². The van der Waals surface area contributed by atoms with Crippen LogP contribution in [0.4, 0.5) is 0 Å². The van der Waals surface area contributed by atoms with Crippen molar-refractivity contribution in [2.45, 2.75) is 27.2 Å². The zero-order valence-corrected chi connectivity index (χ0v) is 8.79. The van der Waals surface area contributed by atoms with Gasteiger partial charge in [0, 0.05) is 17.9 Å². The van der Waals surface area contributed by atoms with Crippen LogP contribution >= 0.6 is 0 Å². The molecule has 0 aromatic carbocycles. The Morgan fingerprint density at radius 3 is 2.43 bits per heavy atom. The normalized spacial score (nSPS) is 9.93. The molecule has 4 heteroatoms. The third kappa shape index (κ3) is 3.12. The lowest BCUT2D eigenvalue weighted by Crippen LogP contribution is -2.25. The average Bonchev–Trinajstić information content (AvgIpc) is 2.01. The number of nitrogens with zero attached hydrogens (tertiary/aromatic N) is 2. The van der Waals surface area contributed by atoms with Gasteiger partial charge in [0.2, 0.25) is 5.91 Å². The molecule has 0 unspecified atom stereocenters. The number of hydrogen-bond donors (Lipinski definition) is 1. The quantitative estimate of drug-likeness (QED) is 0.771. The number of nitrogens with one attached hydrogen (secondary N) is 1. The van der Waals surface area contributed by atoms with Crippen LogP contribution in [0.1, 0.15) is 24.1 Å². The summed E-state index contributed by atoms with van der Waals surface area (Å²) in [6, 6.07) is 1.89. The molecule has 0 bridgehead atoms. The van der Waals surface area contributed by atoms with Gasteiger partial charge in [-0.05, 0) is 26.8 Å². The van der Waals surface area contributed by atoms with Gasteiger partial charge >= 0.3 is 0 Å². The molecule has 0 spiro atoms. The first-order valence-electron chi connectivity index (χ1n) is 4.69. The summed E-state index contributed by atoms with van der Waals surface area (Å²) >= 11 is 0. The smallest absolute Gasteiger partial charge is 0.227 e. The largest absolute Gasteiger partial charge is 0.356 e. The molecule has 1 amide bonds. The second-order valence-electron chi connectivity index (χ2n) is 3.20. The molecule has 14 heavy (non-hydrogen) atoms. The van der Waals surface area contributed by atoms with E-state index in [1.54, 1.807) is 0 Å². The lowest BCUT2D eigenvalue weighted by Gasteiger charge is -2.03. The first-order chi connectivity index (χ1) is 6.61. The summed E-state index contributed by atoms with van der Waals surface area (Å²) in [5.74, 6) is 0.561. The highest BCUT2D eigenvalue weighted by Gasteiger charge is 2.05. The minimum Gasteiger partial charge on any atom is -0.356 e. The van der Waals surface area contributed by atoms with Gasteiger partial charge in [0.25, 0.3) is 0 Å². The molecule has 0 saturated heterocycles. The second kappa shape index (κ2) is 4.69. The van der Waals surface area contributed by atoms with Gasteiger partial charge in [0.1, 0.15) is 5.82 Å². The van der Waals surface area contributed by atoms with Crippen molar-refractivity contribution in [1.82, 2.24) is 15.3 Å². The molecule has 0 aliphatic heterocycles. The maximum Gasteiger partial charge on any atom is 0.227 e. The van der Waals surface area contributed by atoms with Gasteiger partial charge < -0.3 is 5.32 Å². The number of hydrogen-bond acceptors (Lipinski definition) is 3. The van der Waals surface area contributed by atoms with E-state index in [-0.39, 0.29) is 12.3 Å². The van der Waals surface area contributed by atoms with Crippen molar-refractivity contribution in [3.05, 3.63) is 23.3 Å². The van der Waals surface area contributed by atoms with E-state index in [0.717, 1.165) is 11.4 Å². The molecule has 0 saturated carbocycles. The first-order valence-corrected chi connectivity index (χ1v) is 4.69. The van der Waals surface area contributed by atoms with Crippen LogP contribution in [0.2, 0.25) is 0 Å². The number of rotatable bonds is 3. The highest BCUT2D eigenvalue weighted by molar-refractivity contribution is 5.77. The van der Waals surface area contributed by atoms with E-state index in [1.807, 2.05) is 26.8 Å². The van der Waals surface area contributed by atoms with Gasteiger partial charge in [-0.25, -0.2) is 9.97 Å². The standard InChI is InChI=1S/C10H15N3O/c1-4-11-10(14)6-9-12-7(2)5-8(3)13-9/h5H,4,6H2,1-3H3,(H,11,14). The summed E-state index contributed by atoms with van der Waals surface area (Å²) in [4.78, 5) is 19.6. The summed E-state index contributed by atoms with van der Waals surface area (Å²) < 4.78 is 0. The number of carbonyl (C=O) groups excluding carboxylic acids is 1. The van der Waals surface area contributed by atoms with Crippen molar-refractivity contribution < 1.29 is 4.79 Å². The van der Waals surface area contributed by atoms with E-state index in [4.69, 9.17) is 0 Å². The Bertz CT molecular complexity index is 316. The predicted molar refractivity (Wildman–Crippen MR) is 53.9 cm³/mol. The number of aromatic nitrogens is 2. The molecule has 76 valence electrons. The van der Waals surface area contributed by atoms with Crippen LogP contribution in [-0.4, -0.2) is 22.4 Å². The third-order valence-corrected chi connectivity index (χ3v) is 1.72. The highest BCUT2D eigenvalue weighted by Crippen LogP contribution is 1.99. The van der Waals surface area contributed by atoms with Gasteiger partial charge in [-0.3, -0.25) is 4.79 Å². The molecular weight excluding hydrogens is 178 g/mol. The van der Waals surface area contributed by atoms with E-state index >= 15 is 0 Å². The van der Waals surface area contributed by atoms with Crippen LogP contribution < -0.4 is 5.32 Å². The first kappa shape index (κ1) is 10.6. The van der Waals surface area contributed by atoms with Gasteiger partial charge in [-0.1, -0.05) is 0 Å². The maximum absolute atomic E-state index is 11.2. The zero-order chi connectivity index (χ0) is 10.6. The van der Waals surface area contributed by atoms with E-state index in [1.165, 1.54) is 0 Å². The predicted octanol–water partition coefficient (Wildman–Crippen LogP) is 0.772. The molecule has 0 aliphatic carbocycles. The van der Waals surface area contributed by atoms with Crippen LogP contribution in [0.25, 0.3) is 0 Å². The van der Waals surface area contributed by atoms with Crippen LogP contribution in [-0.2, 0) is 11.2 Å². The number of amides is 1. The van der Waals surface area contributed by atoms with E-state index in [9.17, 15) is 4.79 Å². The second-order valence-corrected chi connectivity index (χ2v) is 3.20. The van der Waals surface area contributed by atoms with Crippen molar-refractivity contribution >= 4 is 5.91 Å². The fourth-order valence-corrected chi connectivity index (χ4v) is 1.28. The molecule has 1 aromatic heterocycles. The van der Waals surface area contributed by atoms with Crippen LogP contribution in [0.15, 0.2) is 6.07 Å². The molecule has 1 heterocycles. The third-order valence-electron chi connectivity index (χ3n) is 1.72. The van der Waals surface area contributed by atoms with Gasteiger partial charge in [0.05, 0.1) is 6.42 Å². The Kier molecular flexibility index (Phi) is 3.56. The maximum atomic E-state index is 11.2. The molecule has 4 nitrogen and oxygen atoms in total. The van der Waals surface area contributed by atoms with Crippen LogP contribution in [0, 0.1) is 13.8 Å². The van der Waals surface area contributed by atoms with Crippen molar-refractivity contribution in [3.8, 4) is 0 Å². The molecule has 0 aliphatic rings. The van der Waals surface area contributed by atoms with Crippen molar-refractivity contribution in [2.75, 3.05) is 6.54 Å². The number of aryl methyl sites for hydroxylation is 2. The molecule has 1 aromatic rings. The summed E-state index contributed by atoms with van der Waals surface area (Å²) in [6.45, 7) is 6.33. The Morgan fingerprint density at radius 1 is 1.36 bits per heavy atom. The van der Waals surface area contributed by atoms with Gasteiger partial charge in [-0.15, -0.1) is 0 Å². The monoisotopic (exact) mass is 193 g/mol. The number of carbonyl (C=O) groups is 1. The summed E-state index contributed by atoms with van der Waals surface area (Å²) in [6.07, 6.45) is 0.260. The topological polar surface area (TPSA) is 54.9 Å². The Balaban J connectivity index is 2.71. The molecule has 0 fully saturated rings. The van der Waals surface area contributed by atoms with E-state index in [2.05, 4.69) is 15.3 Å². The van der Waals surface area contributed by atoms with Crippen LogP contribution in [0.5, 0.6) is 0 Å². The summed E-state index contributed by atoms with van der Waals surface area (Å²) in [5, 5.41) is 2.71. The Morgan fingerprint density at radius 2 is 1.93 bits per heavy atom. The fraction of sp³-hybridized carbons (Fsp3) is 0.500. The fourth-order valence-electron chi connectivity index (χ4n) is 1.28.